The largest absolute Gasteiger partial charge is 0.351 e. The van der Waals surface area contributed by atoms with Crippen molar-refractivity contribution in [3.63, 3.8) is 0 Å². The quantitative estimate of drug-likeness (QED) is 0.744. The zero-order chi connectivity index (χ0) is 22.1. The molecule has 1 aliphatic heterocycles. The predicted octanol–water partition coefficient (Wildman–Crippen LogP) is 2.51. The number of benzene rings is 1. The highest BCUT2D eigenvalue weighted by atomic mass is 32.2. The smallest absolute Gasteiger partial charge is 0.247 e. The first-order chi connectivity index (χ1) is 14.1. The third-order valence-corrected chi connectivity index (χ3v) is 8.29. The van der Waals surface area contributed by atoms with Crippen LogP contribution in [0.2, 0.25) is 0 Å². The fourth-order valence-corrected chi connectivity index (χ4v) is 5.96. The summed E-state index contributed by atoms with van der Waals surface area (Å²) in [4.78, 5) is 28.2. The Morgan fingerprint density at radius 2 is 1.87 bits per heavy atom. The Morgan fingerprint density at radius 3 is 2.47 bits per heavy atom. The first-order valence-corrected chi connectivity index (χ1v) is 12.4. The Labute approximate surface area is 179 Å². The molecule has 1 heterocycles. The number of hydrogen-bond acceptors (Lipinski definition) is 4. The maximum atomic E-state index is 13.5. The predicted molar refractivity (Wildman–Crippen MR) is 118 cm³/mol. The van der Waals surface area contributed by atoms with Gasteiger partial charge >= 0.3 is 0 Å². The molecular weight excluding hydrogens is 402 g/mol. The molecule has 1 aliphatic carbocycles. The summed E-state index contributed by atoms with van der Waals surface area (Å²) in [6.45, 7) is 7.12. The topological polar surface area (TPSA) is 86.8 Å². The zero-order valence-corrected chi connectivity index (χ0v) is 19.2. The maximum absolute atomic E-state index is 13.5. The number of sulfonamides is 1. The molecule has 0 spiro atoms. The summed E-state index contributed by atoms with van der Waals surface area (Å²) in [5.74, 6) is -0.713. The van der Waals surface area contributed by atoms with Crippen molar-refractivity contribution >= 4 is 27.5 Å². The molecule has 1 aromatic rings. The minimum atomic E-state index is -3.61. The van der Waals surface area contributed by atoms with Gasteiger partial charge in [-0.05, 0) is 63.3 Å². The molecule has 2 aliphatic rings. The van der Waals surface area contributed by atoms with E-state index in [4.69, 9.17) is 0 Å². The van der Waals surface area contributed by atoms with Gasteiger partial charge in [0.15, 0.2) is 0 Å². The highest BCUT2D eigenvalue weighted by Gasteiger charge is 2.51. The van der Waals surface area contributed by atoms with Gasteiger partial charge in [-0.3, -0.25) is 14.5 Å². The van der Waals surface area contributed by atoms with E-state index in [0.29, 0.717) is 12.1 Å². The van der Waals surface area contributed by atoms with E-state index in [1.54, 1.807) is 13.8 Å². The van der Waals surface area contributed by atoms with Gasteiger partial charge in [0.1, 0.15) is 5.54 Å². The van der Waals surface area contributed by atoms with Gasteiger partial charge in [-0.2, -0.15) is 4.31 Å². The third kappa shape index (κ3) is 4.39. The molecule has 2 fully saturated rings. The highest BCUT2D eigenvalue weighted by molar-refractivity contribution is 7.89. The Morgan fingerprint density at radius 1 is 1.20 bits per heavy atom. The number of carbonyl (C=O) groups is 2. The highest BCUT2D eigenvalue weighted by Crippen LogP contribution is 2.32. The standard InChI is InChI=1S/C22H33N3O4S/c1-5-12-30(28,29)24-14-20(26)25(19-11-10-16(2)17(3)13-19)22(4,15-24)21(27)23-18-8-6-7-9-18/h10-11,13,18H,5-9,12,14-15H2,1-4H3,(H,23,27)/t22-/m0/s1. The molecule has 1 N–H and O–H groups in total. The molecular formula is C22H33N3O4S. The van der Waals surface area contributed by atoms with Crippen LogP contribution >= 0.6 is 0 Å². The second kappa shape index (κ2) is 8.67. The van der Waals surface area contributed by atoms with E-state index in [-0.39, 0.29) is 36.7 Å². The fraction of sp³-hybridized carbons (Fsp3) is 0.636. The lowest BCUT2D eigenvalue weighted by Gasteiger charge is -2.47. The van der Waals surface area contributed by atoms with Crippen LogP contribution in [0.5, 0.6) is 0 Å². The molecule has 1 atom stereocenters. The summed E-state index contributed by atoms with van der Waals surface area (Å²) in [6, 6.07) is 5.73. The molecule has 0 radical (unpaired) electrons. The van der Waals surface area contributed by atoms with Crippen LogP contribution in [-0.4, -0.2) is 55.0 Å². The molecule has 3 rings (SSSR count). The summed E-state index contributed by atoms with van der Waals surface area (Å²) in [5, 5.41) is 3.09. The number of carbonyl (C=O) groups excluding carboxylic acids is 2. The number of nitrogens with one attached hydrogen (secondary N) is 1. The summed E-state index contributed by atoms with van der Waals surface area (Å²) < 4.78 is 26.7. The molecule has 1 saturated heterocycles. The number of aryl methyl sites for hydroxylation is 2. The molecule has 7 nitrogen and oxygen atoms in total. The molecule has 1 aromatic carbocycles. The SMILES string of the molecule is CCCS(=O)(=O)N1CC(=O)N(c2ccc(C)c(C)c2)[C@](C)(C(=O)NC2CCCC2)C1. The number of piperazine rings is 1. The second-order valence-corrected chi connectivity index (χ2v) is 10.9. The van der Waals surface area contributed by atoms with E-state index in [1.165, 1.54) is 9.21 Å². The van der Waals surface area contributed by atoms with Gasteiger partial charge in [0.2, 0.25) is 21.8 Å². The molecule has 2 amide bonds. The van der Waals surface area contributed by atoms with Crippen molar-refractivity contribution in [3.8, 4) is 0 Å². The molecule has 0 unspecified atom stereocenters. The molecule has 8 heteroatoms. The van der Waals surface area contributed by atoms with Crippen molar-refractivity contribution in [2.45, 2.75) is 71.4 Å². The van der Waals surface area contributed by atoms with Crippen molar-refractivity contribution in [3.05, 3.63) is 29.3 Å². The summed E-state index contributed by atoms with van der Waals surface area (Å²) in [5.41, 5.74) is 1.41. The van der Waals surface area contributed by atoms with Crippen LogP contribution in [0.1, 0.15) is 57.1 Å². The lowest BCUT2D eigenvalue weighted by molar-refractivity contribution is -0.133. The van der Waals surface area contributed by atoms with E-state index < -0.39 is 15.6 Å². The van der Waals surface area contributed by atoms with Crippen LogP contribution in [0.4, 0.5) is 5.69 Å². The maximum Gasteiger partial charge on any atom is 0.247 e. The van der Waals surface area contributed by atoms with Crippen LogP contribution in [0, 0.1) is 13.8 Å². The van der Waals surface area contributed by atoms with Gasteiger partial charge in [0, 0.05) is 18.3 Å². The Bertz CT molecular complexity index is 924. The van der Waals surface area contributed by atoms with E-state index in [2.05, 4.69) is 5.32 Å². The number of amides is 2. The average molecular weight is 436 g/mol. The molecule has 0 aromatic heterocycles. The van der Waals surface area contributed by atoms with Crippen LogP contribution in [-0.2, 0) is 19.6 Å². The Balaban J connectivity index is 2.01. The van der Waals surface area contributed by atoms with Gasteiger partial charge < -0.3 is 5.32 Å². The van der Waals surface area contributed by atoms with E-state index in [9.17, 15) is 18.0 Å². The monoisotopic (exact) mass is 435 g/mol. The normalized spacial score (nSPS) is 23.7. The van der Waals surface area contributed by atoms with E-state index in [0.717, 1.165) is 36.8 Å². The van der Waals surface area contributed by atoms with Crippen molar-refractivity contribution in [2.24, 2.45) is 0 Å². The number of anilines is 1. The summed E-state index contributed by atoms with van der Waals surface area (Å²) in [6.07, 6.45) is 4.42. The van der Waals surface area contributed by atoms with E-state index in [1.807, 2.05) is 32.0 Å². The molecule has 166 valence electrons. The minimum Gasteiger partial charge on any atom is -0.351 e. The van der Waals surface area contributed by atoms with Crippen molar-refractivity contribution in [1.82, 2.24) is 9.62 Å². The number of hydrogen-bond donors (Lipinski definition) is 1. The van der Waals surface area contributed by atoms with Crippen molar-refractivity contribution in [2.75, 3.05) is 23.7 Å². The molecule has 1 saturated carbocycles. The molecule has 30 heavy (non-hydrogen) atoms. The zero-order valence-electron chi connectivity index (χ0n) is 18.4. The number of nitrogens with zero attached hydrogens (tertiary/aromatic N) is 2. The minimum absolute atomic E-state index is 0.0375. The first-order valence-electron chi connectivity index (χ1n) is 10.8. The average Bonchev–Trinajstić information content (AvgIpc) is 3.17. The van der Waals surface area contributed by atoms with Crippen LogP contribution in [0.3, 0.4) is 0 Å². The fourth-order valence-electron chi connectivity index (χ4n) is 4.43. The van der Waals surface area contributed by atoms with Gasteiger partial charge in [-0.15, -0.1) is 0 Å². The van der Waals surface area contributed by atoms with Gasteiger partial charge in [-0.1, -0.05) is 25.8 Å². The van der Waals surface area contributed by atoms with E-state index >= 15 is 0 Å². The lowest BCUT2D eigenvalue weighted by atomic mass is 9.93. The Hall–Kier alpha value is -1.93. The van der Waals surface area contributed by atoms with Crippen molar-refractivity contribution in [1.29, 1.82) is 0 Å². The van der Waals surface area contributed by atoms with Crippen LogP contribution in [0.25, 0.3) is 0 Å². The Kier molecular flexibility index (Phi) is 6.57. The lowest BCUT2D eigenvalue weighted by Crippen LogP contribution is -2.70. The van der Waals surface area contributed by atoms with Gasteiger partial charge in [0.25, 0.3) is 0 Å². The first kappa shape index (κ1) is 22.7. The van der Waals surface area contributed by atoms with Gasteiger partial charge in [0.05, 0.1) is 12.3 Å². The third-order valence-electron chi connectivity index (χ3n) is 6.32. The van der Waals surface area contributed by atoms with Crippen LogP contribution < -0.4 is 10.2 Å². The molecule has 0 bridgehead atoms. The second-order valence-electron chi connectivity index (χ2n) is 8.81. The van der Waals surface area contributed by atoms with Crippen LogP contribution in [0.15, 0.2) is 18.2 Å². The van der Waals surface area contributed by atoms with Crippen molar-refractivity contribution < 1.29 is 18.0 Å². The summed E-state index contributed by atoms with van der Waals surface area (Å²) >= 11 is 0. The van der Waals surface area contributed by atoms with Gasteiger partial charge in [-0.25, -0.2) is 8.42 Å². The number of rotatable bonds is 6. The summed E-state index contributed by atoms with van der Waals surface area (Å²) in [7, 11) is -3.61.